The summed E-state index contributed by atoms with van der Waals surface area (Å²) < 4.78 is 1.42. The monoisotopic (exact) mass is 1240 g/mol. The zero-order valence-corrected chi connectivity index (χ0v) is 58.3. The molecule has 0 fully saturated rings. The fourth-order valence-electron chi connectivity index (χ4n) is 12.8. The first-order valence-electron chi connectivity index (χ1n) is 31.1. The smallest absolute Gasteiger partial charge is 0.870 e. The van der Waals surface area contributed by atoms with E-state index in [9.17, 15) is 0 Å². The van der Waals surface area contributed by atoms with Crippen LogP contribution in [0.5, 0.6) is 0 Å². The van der Waals surface area contributed by atoms with Crippen molar-refractivity contribution in [2.45, 2.75) is 143 Å². The van der Waals surface area contributed by atoms with Crippen LogP contribution in [0.4, 0.5) is 22.7 Å². The van der Waals surface area contributed by atoms with Crippen molar-refractivity contribution >= 4 is 90.7 Å². The Morgan fingerprint density at radius 1 is 0.326 bits per heavy atom. The molecule has 12 heteroatoms. The van der Waals surface area contributed by atoms with Gasteiger partial charge in [0.2, 0.25) is 0 Å². The fraction of sp³-hybridized carbons (Fsp3) is 0.351. The van der Waals surface area contributed by atoms with Crippen LogP contribution in [0.1, 0.15) is 178 Å². The summed E-state index contributed by atoms with van der Waals surface area (Å²) in [6, 6.07) is 50.6. The molecule has 0 amide bonds. The van der Waals surface area contributed by atoms with Gasteiger partial charge in [-0.05, 0) is 132 Å². The second-order valence-electron chi connectivity index (χ2n) is 23.0. The number of aliphatic imine (C=N–C) groups is 4. The first kappa shape index (κ1) is 66.8. The van der Waals surface area contributed by atoms with Gasteiger partial charge in [0.05, 0.1) is 48.9 Å². The Morgan fingerprint density at radius 3 is 0.791 bits per heavy atom. The average molecular weight is 1250 g/mol. The van der Waals surface area contributed by atoms with Crippen LogP contribution in [-0.2, 0) is 49.8 Å². The second kappa shape index (κ2) is 30.8. The molecule has 1 aliphatic heterocycles. The molecule has 86 heavy (non-hydrogen) atoms. The predicted octanol–water partition coefficient (Wildman–Crippen LogP) is 18.5. The third kappa shape index (κ3) is 14.3. The molecule has 436 valence electrons. The van der Waals surface area contributed by atoms with Crippen LogP contribution in [0.15, 0.2) is 166 Å². The Morgan fingerprint density at radius 2 is 0.570 bits per heavy atom. The zero-order chi connectivity index (χ0) is 57.8. The van der Waals surface area contributed by atoms with Crippen LogP contribution in [0.25, 0.3) is 43.1 Å². The van der Waals surface area contributed by atoms with Gasteiger partial charge in [0, 0.05) is 46.4 Å². The molecule has 0 unspecified atom stereocenters. The topological polar surface area (TPSA) is 136 Å². The SMILES string of the molecule is CCC1(CC)c2ccc([n-]2)C=Nc2cccc3cc4cccc(c4cc23)N=Cc2ccc([n-]2)C(CC)(CC)c2ccc([n-]2)C=Nc2cccc3cc4cccc(c4cc23)N=Cc2ccc1[n-]2.CCCC[N+](CCCC)(CCCC)CCCC.[OH-].[Zn+2].[Zn+2]. The Balaban J connectivity index is 0.000000464. The standard InChI is InChI=1S/C58H48N8.C16H36N.H2O.2Zn/c1-5-57(6-2)53-25-21-41(63-53)33-59-49-17-9-13-37-29-39-15-11-19-51(47(39)31-45(37)49)61-35-43-23-27-55(65-43)58(7-3,8-4)56-28-24-44(66-56)36-62-52-20-12-16-40-30-38-14-10-18-50(46(38)32-48(40)52)60-34-42-22-26-54(57)64-42;1-5-9-13-17(14-10-6-2,15-11-7-3)16-12-8-4;;;/h9-36H,5-8H2,1-4H3;5-16H2,1-4H3;1H2;;/q-4;+1;;2*+2/p-1. The van der Waals surface area contributed by atoms with Gasteiger partial charge in [-0.25, -0.2) is 0 Å². The van der Waals surface area contributed by atoms with Crippen molar-refractivity contribution in [2.75, 3.05) is 26.2 Å². The first-order valence-corrected chi connectivity index (χ1v) is 31.1. The molecule has 10 aromatic rings. The van der Waals surface area contributed by atoms with E-state index < -0.39 is 0 Å². The van der Waals surface area contributed by atoms with Gasteiger partial charge in [0.1, 0.15) is 0 Å². The largest absolute Gasteiger partial charge is 2.00 e. The molecule has 0 saturated carbocycles. The maximum absolute atomic E-state index is 5.17. The van der Waals surface area contributed by atoms with Crippen LogP contribution in [0.2, 0.25) is 0 Å². The molecule has 5 heterocycles. The molecule has 1 N–H and O–H groups in total. The van der Waals surface area contributed by atoms with Crippen LogP contribution < -0.4 is 19.9 Å². The number of aromatic nitrogens is 4. The van der Waals surface area contributed by atoms with E-state index >= 15 is 0 Å². The maximum atomic E-state index is 5.17. The van der Waals surface area contributed by atoms with Crippen molar-refractivity contribution in [1.29, 1.82) is 0 Å². The molecule has 11 rings (SSSR count). The van der Waals surface area contributed by atoms with Crippen molar-refractivity contribution in [1.82, 2.24) is 19.9 Å². The average Bonchev–Trinajstić information content (AvgIpc) is 3.96. The first-order chi connectivity index (χ1) is 40.6. The van der Waals surface area contributed by atoms with Gasteiger partial charge in [-0.1, -0.05) is 178 Å². The molecule has 6 aromatic carbocycles. The minimum absolute atomic E-state index is 0. The van der Waals surface area contributed by atoms with E-state index in [2.05, 4.69) is 201 Å². The van der Waals surface area contributed by atoms with Gasteiger partial charge in [-0.2, -0.15) is 22.8 Å². The Labute approximate surface area is 536 Å². The van der Waals surface area contributed by atoms with Gasteiger partial charge in [-0.3, -0.25) is 20.0 Å². The third-order valence-corrected chi connectivity index (χ3v) is 18.0. The molecular formula is C74H85N9OZn2. The molecule has 0 atom stereocenters. The Kier molecular flexibility index (Phi) is 23.9. The molecule has 1 aliphatic rings. The van der Waals surface area contributed by atoms with Crippen LogP contribution in [0, 0.1) is 0 Å². The summed E-state index contributed by atoms with van der Waals surface area (Å²) in [5, 5.41) is 8.63. The third-order valence-electron chi connectivity index (χ3n) is 18.0. The number of quaternary nitrogens is 1. The minimum atomic E-state index is -0.366. The molecule has 0 spiro atoms. The summed E-state index contributed by atoms with van der Waals surface area (Å²) >= 11 is 0. The van der Waals surface area contributed by atoms with E-state index in [1.54, 1.807) is 0 Å². The van der Waals surface area contributed by atoms with E-state index in [4.69, 9.17) is 39.9 Å². The van der Waals surface area contributed by atoms with Crippen molar-refractivity contribution in [3.8, 4) is 0 Å². The van der Waals surface area contributed by atoms with Gasteiger partial charge in [0.25, 0.3) is 0 Å². The molecule has 10 nitrogen and oxygen atoms in total. The maximum Gasteiger partial charge on any atom is 2.00 e. The van der Waals surface area contributed by atoms with E-state index in [-0.39, 0.29) is 55.3 Å². The van der Waals surface area contributed by atoms with Crippen molar-refractivity contribution in [3.05, 3.63) is 191 Å². The van der Waals surface area contributed by atoms with E-state index in [0.717, 1.165) is 137 Å². The molecular weight excluding hydrogens is 1160 g/mol. The van der Waals surface area contributed by atoms with Crippen molar-refractivity contribution < 1.29 is 48.9 Å². The number of rotatable bonds is 16. The van der Waals surface area contributed by atoms with Gasteiger partial charge >= 0.3 is 39.0 Å². The Bertz CT molecular complexity index is 3430. The fourth-order valence-corrected chi connectivity index (χ4v) is 12.8. The van der Waals surface area contributed by atoms with Crippen molar-refractivity contribution in [3.63, 3.8) is 0 Å². The summed E-state index contributed by atoms with van der Waals surface area (Å²) in [6.45, 7) is 23.9. The van der Waals surface area contributed by atoms with Gasteiger partial charge in [0.15, 0.2) is 0 Å². The number of unbranched alkanes of at least 4 members (excludes halogenated alkanes) is 4. The number of nitrogens with zero attached hydrogens (tertiary/aromatic N) is 9. The normalized spacial score (nSPS) is 13.6. The second-order valence-corrected chi connectivity index (χ2v) is 23.0. The number of benzene rings is 6. The van der Waals surface area contributed by atoms with Crippen LogP contribution in [-0.4, -0.2) is 61.0 Å². The Hall–Kier alpha value is -6.67. The number of hydrogen-bond donors (Lipinski definition) is 0. The van der Waals surface area contributed by atoms with Gasteiger partial charge < -0.3 is 29.9 Å². The summed E-state index contributed by atoms with van der Waals surface area (Å²) in [5.41, 5.74) is 9.94. The summed E-state index contributed by atoms with van der Waals surface area (Å²) in [4.78, 5) is 40.9. The van der Waals surface area contributed by atoms with Gasteiger partial charge in [-0.15, -0.1) is 22.8 Å². The summed E-state index contributed by atoms with van der Waals surface area (Å²) in [7, 11) is 0. The quantitative estimate of drug-likeness (QED) is 0.0539. The van der Waals surface area contributed by atoms with E-state index in [1.807, 2.05) is 24.9 Å². The van der Waals surface area contributed by atoms with E-state index in [0.29, 0.717) is 0 Å². The van der Waals surface area contributed by atoms with Crippen LogP contribution >= 0.6 is 0 Å². The molecule has 12 bridgehead atoms. The molecule has 0 saturated heterocycles. The minimum Gasteiger partial charge on any atom is -0.870 e. The predicted molar refractivity (Wildman–Crippen MR) is 355 cm³/mol. The number of hydrogen-bond acceptors (Lipinski definition) is 5. The summed E-state index contributed by atoms with van der Waals surface area (Å²) in [5.74, 6) is 0. The van der Waals surface area contributed by atoms with Crippen molar-refractivity contribution in [2.24, 2.45) is 20.0 Å². The molecule has 0 radical (unpaired) electrons. The zero-order valence-electron chi connectivity index (χ0n) is 52.4. The number of fused-ring (bicyclic) bond motifs is 8. The molecule has 0 aliphatic carbocycles. The summed E-state index contributed by atoms with van der Waals surface area (Å²) in [6.07, 6.45) is 21.9. The molecule has 4 aromatic heterocycles. The van der Waals surface area contributed by atoms with E-state index in [1.165, 1.54) is 82.0 Å². The van der Waals surface area contributed by atoms with Crippen LogP contribution in [0.3, 0.4) is 0 Å².